The molecule has 2 aromatic rings. The molecule has 2 aromatic heterocycles. The van der Waals surface area contributed by atoms with Crippen LogP contribution in [-0.2, 0) is 0 Å². The number of aromatic carboxylic acids is 1. The minimum atomic E-state index is -0.903. The number of carboxylic acids is 1. The predicted molar refractivity (Wildman–Crippen MR) is 65.8 cm³/mol. The summed E-state index contributed by atoms with van der Waals surface area (Å²) in [5.41, 5.74) is 1.83. The molecule has 5 heteroatoms. The summed E-state index contributed by atoms with van der Waals surface area (Å²) in [7, 11) is 1.57. The van der Waals surface area contributed by atoms with Crippen LogP contribution in [0.15, 0.2) is 24.4 Å². The van der Waals surface area contributed by atoms with Gasteiger partial charge in [0.25, 0.3) is 0 Å². The van der Waals surface area contributed by atoms with Crippen molar-refractivity contribution in [2.75, 3.05) is 7.11 Å². The van der Waals surface area contributed by atoms with Crippen molar-refractivity contribution in [3.8, 4) is 16.3 Å². The lowest BCUT2D eigenvalue weighted by Crippen LogP contribution is -1.91. The number of nitrogens with zero attached hydrogens (tertiary/aromatic N) is 1. The van der Waals surface area contributed by atoms with Gasteiger partial charge in [-0.2, -0.15) is 0 Å². The van der Waals surface area contributed by atoms with Gasteiger partial charge in [-0.3, -0.25) is 0 Å². The van der Waals surface area contributed by atoms with E-state index in [1.165, 1.54) is 11.3 Å². The van der Waals surface area contributed by atoms with Crippen LogP contribution in [0.25, 0.3) is 10.4 Å². The van der Waals surface area contributed by atoms with E-state index in [1.54, 1.807) is 25.4 Å². The maximum Gasteiger partial charge on any atom is 0.345 e. The highest BCUT2D eigenvalue weighted by Gasteiger charge is 2.10. The Morgan fingerprint density at radius 1 is 1.47 bits per heavy atom. The zero-order valence-corrected chi connectivity index (χ0v) is 10.2. The minimum absolute atomic E-state index is 0.327. The normalized spacial score (nSPS) is 10.2. The van der Waals surface area contributed by atoms with E-state index >= 15 is 0 Å². The molecule has 0 saturated heterocycles. The fourth-order valence-electron chi connectivity index (χ4n) is 1.52. The lowest BCUT2D eigenvalue weighted by Gasteiger charge is -2.04. The summed E-state index contributed by atoms with van der Waals surface area (Å²) >= 11 is 1.24. The molecule has 0 aliphatic heterocycles. The third kappa shape index (κ3) is 2.29. The van der Waals surface area contributed by atoms with Crippen LogP contribution in [0.5, 0.6) is 5.88 Å². The smallest absolute Gasteiger partial charge is 0.345 e. The highest BCUT2D eigenvalue weighted by Crippen LogP contribution is 2.29. The number of pyridine rings is 1. The van der Waals surface area contributed by atoms with E-state index in [2.05, 4.69) is 4.98 Å². The monoisotopic (exact) mass is 249 g/mol. The first-order chi connectivity index (χ1) is 8.11. The van der Waals surface area contributed by atoms with Crippen LogP contribution in [0.4, 0.5) is 0 Å². The van der Waals surface area contributed by atoms with Gasteiger partial charge in [0.2, 0.25) is 5.88 Å². The van der Waals surface area contributed by atoms with E-state index in [9.17, 15) is 4.79 Å². The van der Waals surface area contributed by atoms with Gasteiger partial charge in [-0.1, -0.05) is 0 Å². The van der Waals surface area contributed by atoms with E-state index in [1.807, 2.05) is 13.0 Å². The highest BCUT2D eigenvalue weighted by molar-refractivity contribution is 7.17. The molecule has 0 saturated carbocycles. The lowest BCUT2D eigenvalue weighted by molar-refractivity contribution is 0.0702. The molecule has 0 aliphatic carbocycles. The molecule has 0 spiro atoms. The molecule has 1 N–H and O–H groups in total. The van der Waals surface area contributed by atoms with Crippen LogP contribution < -0.4 is 4.74 Å². The van der Waals surface area contributed by atoms with E-state index in [4.69, 9.17) is 9.84 Å². The van der Waals surface area contributed by atoms with Crippen LogP contribution in [-0.4, -0.2) is 23.2 Å². The largest absolute Gasteiger partial charge is 0.481 e. The number of methoxy groups -OCH3 is 1. The average Bonchev–Trinajstić information content (AvgIpc) is 2.78. The van der Waals surface area contributed by atoms with Gasteiger partial charge in [-0.15, -0.1) is 11.3 Å². The highest BCUT2D eigenvalue weighted by atomic mass is 32.1. The molecular weight excluding hydrogens is 238 g/mol. The van der Waals surface area contributed by atoms with Gasteiger partial charge in [0.15, 0.2) is 0 Å². The molecule has 0 aliphatic rings. The second-order valence-corrected chi connectivity index (χ2v) is 4.60. The number of hydrogen-bond acceptors (Lipinski definition) is 4. The van der Waals surface area contributed by atoms with Crippen LogP contribution in [0.1, 0.15) is 15.2 Å². The van der Waals surface area contributed by atoms with Gasteiger partial charge in [0.05, 0.1) is 7.11 Å². The summed E-state index contributed by atoms with van der Waals surface area (Å²) in [5, 5.41) is 8.86. The van der Waals surface area contributed by atoms with Crippen LogP contribution in [0.3, 0.4) is 0 Å². The van der Waals surface area contributed by atoms with E-state index in [0.717, 1.165) is 16.0 Å². The number of hydrogen-bond donors (Lipinski definition) is 1. The second kappa shape index (κ2) is 4.55. The predicted octanol–water partition coefficient (Wildman–Crippen LogP) is 2.83. The molecule has 88 valence electrons. The number of ether oxygens (including phenoxy) is 1. The summed E-state index contributed by atoms with van der Waals surface area (Å²) in [5.74, 6) is -0.316. The second-order valence-electron chi connectivity index (χ2n) is 3.52. The van der Waals surface area contributed by atoms with Crippen molar-refractivity contribution < 1.29 is 14.6 Å². The Hall–Kier alpha value is -1.88. The molecule has 17 heavy (non-hydrogen) atoms. The van der Waals surface area contributed by atoms with Crippen LogP contribution >= 0.6 is 11.3 Å². The number of carbonyl (C=O) groups is 1. The van der Waals surface area contributed by atoms with Crippen molar-refractivity contribution in [2.45, 2.75) is 6.92 Å². The topological polar surface area (TPSA) is 59.4 Å². The Kier molecular flexibility index (Phi) is 3.10. The van der Waals surface area contributed by atoms with Crippen molar-refractivity contribution in [1.82, 2.24) is 4.98 Å². The first-order valence-corrected chi connectivity index (χ1v) is 5.77. The standard InChI is InChI=1S/C12H11NO3S/c1-7-5-8(6-13-11(7)16-2)9-3-4-10(17-9)12(14)15/h3-6H,1-2H3,(H,14,15). The van der Waals surface area contributed by atoms with Gasteiger partial charge in [0.1, 0.15) is 4.88 Å². The first kappa shape index (κ1) is 11.6. The molecule has 0 amide bonds. The Morgan fingerprint density at radius 2 is 2.24 bits per heavy atom. The van der Waals surface area contributed by atoms with Crippen LogP contribution in [0, 0.1) is 6.92 Å². The molecule has 0 unspecified atom stereocenters. The Morgan fingerprint density at radius 3 is 2.76 bits per heavy atom. The number of rotatable bonds is 3. The quantitative estimate of drug-likeness (QED) is 0.908. The fourth-order valence-corrected chi connectivity index (χ4v) is 2.34. The van der Waals surface area contributed by atoms with Gasteiger partial charge in [-0.25, -0.2) is 9.78 Å². The summed E-state index contributed by atoms with van der Waals surface area (Å²) in [4.78, 5) is 16.2. The lowest BCUT2D eigenvalue weighted by atomic mass is 10.2. The zero-order chi connectivity index (χ0) is 12.4. The molecule has 2 rings (SSSR count). The zero-order valence-electron chi connectivity index (χ0n) is 9.43. The molecule has 0 atom stereocenters. The maximum atomic E-state index is 10.8. The van der Waals surface area contributed by atoms with Crippen molar-refractivity contribution in [3.05, 3.63) is 34.8 Å². The van der Waals surface area contributed by atoms with Gasteiger partial charge >= 0.3 is 5.97 Å². The minimum Gasteiger partial charge on any atom is -0.481 e. The Labute approximate surface area is 103 Å². The molecule has 0 bridgehead atoms. The number of thiophene rings is 1. The van der Waals surface area contributed by atoms with Gasteiger partial charge in [-0.05, 0) is 25.1 Å². The summed E-state index contributed by atoms with van der Waals surface area (Å²) in [6.45, 7) is 1.90. The molecule has 0 aromatic carbocycles. The summed E-state index contributed by atoms with van der Waals surface area (Å²) in [6, 6.07) is 5.32. The van der Waals surface area contributed by atoms with Crippen molar-refractivity contribution in [1.29, 1.82) is 0 Å². The van der Waals surface area contributed by atoms with E-state index in [-0.39, 0.29) is 0 Å². The molecule has 2 heterocycles. The molecule has 0 fully saturated rings. The maximum absolute atomic E-state index is 10.8. The number of carboxylic acid groups (broad SMARTS) is 1. The van der Waals surface area contributed by atoms with Crippen molar-refractivity contribution >= 4 is 17.3 Å². The summed E-state index contributed by atoms with van der Waals surface area (Å²) < 4.78 is 5.08. The van der Waals surface area contributed by atoms with Gasteiger partial charge < -0.3 is 9.84 Å². The first-order valence-electron chi connectivity index (χ1n) is 4.96. The Bertz CT molecular complexity index is 563. The third-order valence-electron chi connectivity index (χ3n) is 2.32. The fraction of sp³-hybridized carbons (Fsp3) is 0.167. The van der Waals surface area contributed by atoms with Crippen molar-refractivity contribution in [2.24, 2.45) is 0 Å². The third-order valence-corrected chi connectivity index (χ3v) is 3.45. The van der Waals surface area contributed by atoms with Gasteiger partial charge in [0, 0.05) is 22.2 Å². The van der Waals surface area contributed by atoms with E-state index < -0.39 is 5.97 Å². The molecule has 4 nitrogen and oxygen atoms in total. The number of aromatic nitrogens is 1. The summed E-state index contributed by atoms with van der Waals surface area (Å²) in [6.07, 6.45) is 1.68. The molecule has 0 radical (unpaired) electrons. The average molecular weight is 249 g/mol. The van der Waals surface area contributed by atoms with Crippen LogP contribution in [0.2, 0.25) is 0 Å². The molecular formula is C12H11NO3S. The van der Waals surface area contributed by atoms with E-state index in [0.29, 0.717) is 10.8 Å². The Balaban J connectivity index is 2.39. The SMILES string of the molecule is COc1ncc(-c2ccc(C(=O)O)s2)cc1C. The van der Waals surface area contributed by atoms with Crippen molar-refractivity contribution in [3.63, 3.8) is 0 Å². The number of aryl methyl sites for hydroxylation is 1.